The van der Waals surface area contributed by atoms with Crippen LogP contribution in [0.4, 0.5) is 11.4 Å². The Bertz CT molecular complexity index is 1710. The Morgan fingerprint density at radius 3 is 1.70 bits per heavy atom. The predicted molar refractivity (Wildman–Crippen MR) is 186 cm³/mol. The van der Waals surface area contributed by atoms with Crippen LogP contribution in [0.5, 0.6) is 5.75 Å². The van der Waals surface area contributed by atoms with Crippen molar-refractivity contribution >= 4 is 29.2 Å². The van der Waals surface area contributed by atoms with E-state index >= 15 is 0 Å². The smallest absolute Gasteiger partial charge is 0.303 e. The standard InChI is InChI=1S/C38H44N4O5/c1-8-10-30(43)39-26-17-13-23(14-18-26)33-34(24-15-19-27(20-16-24)40-31(44)11-9-12-32(45)46)42-36(41-33)25-21-28(37(2,3)4)35(47)29(22-25)38(5,6)7/h1,13-22,47H,8-12H2,2-7H3,(H,39,43)(H,40,44)(H,41,42)(H,45,46). The third kappa shape index (κ3) is 8.87. The first-order valence-electron chi connectivity index (χ1n) is 15.8. The van der Waals surface area contributed by atoms with E-state index in [4.69, 9.17) is 17.0 Å². The normalized spacial score (nSPS) is 11.7. The Labute approximate surface area is 276 Å². The summed E-state index contributed by atoms with van der Waals surface area (Å²) in [5.41, 5.74) is 6.16. The van der Waals surface area contributed by atoms with Gasteiger partial charge in [-0.2, -0.15) is 0 Å². The van der Waals surface area contributed by atoms with Gasteiger partial charge < -0.3 is 25.8 Å². The number of imidazole rings is 1. The van der Waals surface area contributed by atoms with Crippen LogP contribution in [0.3, 0.4) is 0 Å². The number of carboxylic acids is 1. The number of hydrogen-bond donors (Lipinski definition) is 5. The number of phenols is 1. The molecule has 5 N–H and O–H groups in total. The molecule has 1 aromatic heterocycles. The Morgan fingerprint density at radius 2 is 1.23 bits per heavy atom. The Kier molecular flexibility index (Phi) is 10.6. The molecule has 1 heterocycles. The lowest BCUT2D eigenvalue weighted by atomic mass is 9.78. The topological polar surface area (TPSA) is 144 Å². The number of amides is 2. The summed E-state index contributed by atoms with van der Waals surface area (Å²) in [4.78, 5) is 43.8. The molecular weight excluding hydrogens is 592 g/mol. The van der Waals surface area contributed by atoms with E-state index in [1.54, 1.807) is 12.1 Å². The molecule has 9 nitrogen and oxygen atoms in total. The molecule has 0 fully saturated rings. The van der Waals surface area contributed by atoms with Crippen LogP contribution >= 0.6 is 0 Å². The van der Waals surface area contributed by atoms with Gasteiger partial charge in [0.2, 0.25) is 11.8 Å². The van der Waals surface area contributed by atoms with Crippen LogP contribution in [-0.2, 0) is 25.2 Å². The number of aromatic nitrogens is 2. The maximum Gasteiger partial charge on any atom is 0.303 e. The van der Waals surface area contributed by atoms with E-state index in [1.807, 2.05) is 48.5 Å². The van der Waals surface area contributed by atoms with Crippen molar-refractivity contribution in [3.05, 3.63) is 78.7 Å². The molecule has 0 saturated heterocycles. The van der Waals surface area contributed by atoms with Crippen molar-refractivity contribution < 1.29 is 24.6 Å². The highest BCUT2D eigenvalue weighted by atomic mass is 16.4. The SMILES string of the molecule is [CH]CCC(=O)Nc1ccc(-c2[nH]c(-c3cc(C(C)(C)C)c(O)c(C(C)(C)C)c3)nc2-c2ccc(NC(=O)CCCC(=O)O)cc2)cc1. The molecule has 4 aromatic rings. The van der Waals surface area contributed by atoms with Crippen molar-refractivity contribution in [2.45, 2.75) is 84.5 Å². The zero-order chi connectivity index (χ0) is 34.5. The molecular formula is C38H44N4O5. The van der Waals surface area contributed by atoms with Gasteiger partial charge in [-0.1, -0.05) is 65.8 Å². The Hall–Kier alpha value is -4.92. The van der Waals surface area contributed by atoms with Gasteiger partial charge >= 0.3 is 5.97 Å². The lowest BCUT2D eigenvalue weighted by molar-refractivity contribution is -0.137. The Balaban J connectivity index is 1.78. The van der Waals surface area contributed by atoms with Gasteiger partial charge in [0.05, 0.1) is 11.4 Å². The minimum absolute atomic E-state index is 0.0623. The van der Waals surface area contributed by atoms with Crippen molar-refractivity contribution in [2.24, 2.45) is 0 Å². The lowest BCUT2D eigenvalue weighted by Crippen LogP contribution is -2.17. The van der Waals surface area contributed by atoms with E-state index in [1.165, 1.54) is 0 Å². The molecule has 47 heavy (non-hydrogen) atoms. The molecule has 0 bridgehead atoms. The van der Waals surface area contributed by atoms with E-state index < -0.39 is 5.97 Å². The van der Waals surface area contributed by atoms with E-state index in [-0.39, 0.29) is 60.5 Å². The highest BCUT2D eigenvalue weighted by molar-refractivity contribution is 5.92. The second-order valence-electron chi connectivity index (χ2n) is 13.8. The van der Waals surface area contributed by atoms with Gasteiger partial charge in [0.25, 0.3) is 0 Å². The largest absolute Gasteiger partial charge is 0.507 e. The molecule has 0 atom stereocenters. The second-order valence-corrected chi connectivity index (χ2v) is 13.8. The van der Waals surface area contributed by atoms with E-state index in [0.29, 0.717) is 22.9 Å². The summed E-state index contributed by atoms with van der Waals surface area (Å²) >= 11 is 0. The number of carboxylic acid groups (broad SMARTS) is 1. The molecule has 0 aliphatic carbocycles. The van der Waals surface area contributed by atoms with Crippen molar-refractivity contribution in [1.82, 2.24) is 9.97 Å². The van der Waals surface area contributed by atoms with E-state index in [9.17, 15) is 19.5 Å². The Morgan fingerprint density at radius 1 is 0.745 bits per heavy atom. The van der Waals surface area contributed by atoms with Gasteiger partial charge in [0.15, 0.2) is 0 Å². The van der Waals surface area contributed by atoms with Gasteiger partial charge in [-0.05, 0) is 67.0 Å². The van der Waals surface area contributed by atoms with Crippen LogP contribution in [0.1, 0.15) is 84.8 Å². The quantitative estimate of drug-likeness (QED) is 0.112. The molecule has 0 aliphatic heterocycles. The fourth-order valence-corrected chi connectivity index (χ4v) is 5.25. The van der Waals surface area contributed by atoms with Crippen LogP contribution in [0, 0.1) is 6.92 Å². The number of aliphatic carboxylic acids is 1. The van der Waals surface area contributed by atoms with Crippen LogP contribution in [-0.4, -0.2) is 38.0 Å². The molecule has 9 heteroatoms. The number of carbonyl (C=O) groups is 3. The maximum absolute atomic E-state index is 12.3. The highest BCUT2D eigenvalue weighted by Gasteiger charge is 2.28. The van der Waals surface area contributed by atoms with Crippen molar-refractivity contribution in [1.29, 1.82) is 0 Å². The number of aromatic hydroxyl groups is 1. The molecule has 0 saturated carbocycles. The van der Waals surface area contributed by atoms with Crippen LogP contribution in [0.2, 0.25) is 0 Å². The molecule has 0 unspecified atom stereocenters. The monoisotopic (exact) mass is 636 g/mol. The van der Waals surface area contributed by atoms with Gasteiger partial charge in [-0.25, -0.2) is 4.98 Å². The number of phenolic OH excluding ortho intramolecular Hbond substituents is 1. The molecule has 3 aromatic carbocycles. The van der Waals surface area contributed by atoms with Crippen LogP contribution in [0.25, 0.3) is 33.9 Å². The summed E-state index contributed by atoms with van der Waals surface area (Å²) in [6, 6.07) is 18.7. The third-order valence-corrected chi connectivity index (χ3v) is 7.77. The minimum Gasteiger partial charge on any atom is -0.507 e. The number of anilines is 2. The third-order valence-electron chi connectivity index (χ3n) is 7.77. The summed E-state index contributed by atoms with van der Waals surface area (Å²) in [5, 5.41) is 25.8. The number of nitrogens with one attached hydrogen (secondary N) is 3. The predicted octanol–water partition coefficient (Wildman–Crippen LogP) is 8.33. The number of H-pyrrole nitrogens is 1. The van der Waals surface area contributed by atoms with Crippen LogP contribution in [0.15, 0.2) is 60.7 Å². The molecule has 2 amide bonds. The zero-order valence-electron chi connectivity index (χ0n) is 28.0. The van der Waals surface area contributed by atoms with E-state index in [0.717, 1.165) is 33.5 Å². The van der Waals surface area contributed by atoms with Gasteiger partial charge in [-0.15, -0.1) is 0 Å². The molecule has 0 spiro atoms. The van der Waals surface area contributed by atoms with E-state index in [2.05, 4.69) is 57.2 Å². The summed E-state index contributed by atoms with van der Waals surface area (Å²) in [5.74, 6) is -0.429. The highest BCUT2D eigenvalue weighted by Crippen LogP contribution is 2.43. The summed E-state index contributed by atoms with van der Waals surface area (Å²) in [6.07, 6.45) is 0.812. The number of carbonyl (C=O) groups excluding carboxylic acids is 2. The summed E-state index contributed by atoms with van der Waals surface area (Å²) in [6.45, 7) is 17.9. The van der Waals surface area contributed by atoms with Crippen molar-refractivity contribution in [2.75, 3.05) is 10.6 Å². The number of nitrogens with zero attached hydrogens (tertiary/aromatic N) is 1. The fraction of sp³-hybridized carbons (Fsp3) is 0.342. The molecule has 246 valence electrons. The minimum atomic E-state index is -0.932. The number of benzene rings is 3. The number of aromatic amines is 1. The van der Waals surface area contributed by atoms with Crippen molar-refractivity contribution in [3.8, 4) is 39.7 Å². The van der Waals surface area contributed by atoms with Gasteiger partial charge in [0, 0.05) is 58.5 Å². The average Bonchev–Trinajstić information content (AvgIpc) is 3.42. The fourth-order valence-electron chi connectivity index (χ4n) is 5.25. The zero-order valence-corrected chi connectivity index (χ0v) is 28.0. The summed E-state index contributed by atoms with van der Waals surface area (Å²) in [7, 11) is 0. The van der Waals surface area contributed by atoms with Crippen LogP contribution < -0.4 is 10.6 Å². The first-order chi connectivity index (χ1) is 22.1. The second kappa shape index (κ2) is 14.2. The molecule has 0 aliphatic rings. The lowest BCUT2D eigenvalue weighted by Gasteiger charge is -2.28. The molecule has 2 radical (unpaired) electrons. The van der Waals surface area contributed by atoms with Crippen molar-refractivity contribution in [3.63, 3.8) is 0 Å². The first-order valence-corrected chi connectivity index (χ1v) is 15.8. The van der Waals surface area contributed by atoms with Gasteiger partial charge in [0.1, 0.15) is 11.6 Å². The molecule has 4 rings (SSSR count). The summed E-state index contributed by atoms with van der Waals surface area (Å²) < 4.78 is 0. The average molecular weight is 637 g/mol. The number of rotatable bonds is 11. The number of hydrogen-bond acceptors (Lipinski definition) is 5. The maximum atomic E-state index is 12.3. The van der Waals surface area contributed by atoms with Gasteiger partial charge in [-0.3, -0.25) is 14.4 Å². The first kappa shape index (κ1) is 34.9.